The van der Waals surface area contributed by atoms with Gasteiger partial charge in [-0.25, -0.2) is 17.5 Å². The highest BCUT2D eigenvalue weighted by Crippen LogP contribution is 2.17. The molecule has 7 heteroatoms. The van der Waals surface area contributed by atoms with Crippen LogP contribution in [0.5, 0.6) is 0 Å². The van der Waals surface area contributed by atoms with Gasteiger partial charge in [0.2, 0.25) is 10.0 Å². The van der Waals surface area contributed by atoms with Crippen LogP contribution in [-0.2, 0) is 10.0 Å². The SMILES string of the molecule is CN(C)c1ccc([C@@H](CNS(=O)(=O)c2ccccc2F)[NH+](C)C)cc1. The lowest BCUT2D eigenvalue weighted by atomic mass is 10.1. The van der Waals surface area contributed by atoms with Crippen molar-refractivity contribution in [1.29, 1.82) is 0 Å². The monoisotopic (exact) mass is 366 g/mol. The summed E-state index contributed by atoms with van der Waals surface area (Å²) in [6, 6.07) is 13.3. The van der Waals surface area contributed by atoms with E-state index in [0.29, 0.717) is 0 Å². The van der Waals surface area contributed by atoms with Crippen LogP contribution >= 0.6 is 0 Å². The van der Waals surface area contributed by atoms with Crippen LogP contribution in [0.4, 0.5) is 10.1 Å². The van der Waals surface area contributed by atoms with Gasteiger partial charge in [-0.15, -0.1) is 0 Å². The van der Waals surface area contributed by atoms with Crippen LogP contribution in [0.15, 0.2) is 53.4 Å². The average Bonchev–Trinajstić information content (AvgIpc) is 2.55. The molecule has 2 aromatic carbocycles. The van der Waals surface area contributed by atoms with Gasteiger partial charge in [-0.05, 0) is 24.3 Å². The smallest absolute Gasteiger partial charge is 0.243 e. The van der Waals surface area contributed by atoms with Crippen molar-refractivity contribution in [1.82, 2.24) is 4.72 Å². The molecule has 0 spiro atoms. The number of hydrogen-bond acceptors (Lipinski definition) is 3. The second-order valence-corrected chi connectivity index (χ2v) is 8.13. The molecular formula is C18H25FN3O2S+. The molecule has 0 aromatic heterocycles. The number of hydrogen-bond donors (Lipinski definition) is 2. The summed E-state index contributed by atoms with van der Waals surface area (Å²) in [5.74, 6) is -0.751. The highest BCUT2D eigenvalue weighted by molar-refractivity contribution is 7.89. The zero-order valence-corrected chi connectivity index (χ0v) is 15.8. The average molecular weight is 366 g/mol. The first-order chi connectivity index (χ1) is 11.7. The molecule has 0 fully saturated rings. The largest absolute Gasteiger partial charge is 0.378 e. The van der Waals surface area contributed by atoms with Crippen LogP contribution in [0.1, 0.15) is 11.6 Å². The molecule has 0 heterocycles. The van der Waals surface area contributed by atoms with Crippen LogP contribution in [0.2, 0.25) is 0 Å². The summed E-state index contributed by atoms with van der Waals surface area (Å²) in [5, 5.41) is 0. The van der Waals surface area contributed by atoms with Crippen molar-refractivity contribution in [3.8, 4) is 0 Å². The fraction of sp³-hybridized carbons (Fsp3) is 0.333. The first kappa shape index (κ1) is 19.4. The van der Waals surface area contributed by atoms with E-state index in [1.165, 1.54) is 18.2 Å². The fourth-order valence-corrected chi connectivity index (χ4v) is 3.72. The zero-order valence-electron chi connectivity index (χ0n) is 15.0. The third kappa shape index (κ3) is 4.78. The van der Waals surface area contributed by atoms with Gasteiger partial charge in [0.1, 0.15) is 16.8 Å². The van der Waals surface area contributed by atoms with Gasteiger partial charge in [0.25, 0.3) is 0 Å². The van der Waals surface area contributed by atoms with E-state index in [0.717, 1.165) is 22.2 Å². The molecule has 2 N–H and O–H groups in total. The second-order valence-electron chi connectivity index (χ2n) is 6.40. The highest BCUT2D eigenvalue weighted by atomic mass is 32.2. The van der Waals surface area contributed by atoms with E-state index < -0.39 is 15.8 Å². The van der Waals surface area contributed by atoms with E-state index in [1.54, 1.807) is 0 Å². The zero-order chi connectivity index (χ0) is 18.6. The Balaban J connectivity index is 2.18. The summed E-state index contributed by atoms with van der Waals surface area (Å²) in [6.07, 6.45) is 0. The van der Waals surface area contributed by atoms with E-state index in [2.05, 4.69) is 4.72 Å². The molecule has 2 aromatic rings. The minimum Gasteiger partial charge on any atom is -0.378 e. The lowest BCUT2D eigenvalue weighted by Gasteiger charge is -2.23. The highest BCUT2D eigenvalue weighted by Gasteiger charge is 2.24. The molecule has 1 atom stereocenters. The topological polar surface area (TPSA) is 53.9 Å². The molecule has 0 saturated carbocycles. The molecule has 0 saturated heterocycles. The third-order valence-corrected chi connectivity index (χ3v) is 5.57. The molecule has 0 radical (unpaired) electrons. The van der Waals surface area contributed by atoms with Gasteiger partial charge in [-0.3, -0.25) is 0 Å². The van der Waals surface area contributed by atoms with Crippen molar-refractivity contribution in [3.05, 3.63) is 59.9 Å². The number of nitrogens with one attached hydrogen (secondary N) is 2. The lowest BCUT2D eigenvalue weighted by molar-refractivity contribution is -0.890. The van der Waals surface area contributed by atoms with Gasteiger partial charge in [-0.1, -0.05) is 24.3 Å². The molecule has 0 aliphatic rings. The molecular weight excluding hydrogens is 341 g/mol. The Hall–Kier alpha value is -1.96. The van der Waals surface area contributed by atoms with E-state index in [4.69, 9.17) is 0 Å². The van der Waals surface area contributed by atoms with Crippen molar-refractivity contribution in [2.24, 2.45) is 0 Å². The molecule has 0 aliphatic carbocycles. The minimum atomic E-state index is -3.90. The minimum absolute atomic E-state index is 0.0854. The molecule has 136 valence electrons. The van der Waals surface area contributed by atoms with Crippen LogP contribution < -0.4 is 14.5 Å². The Morgan fingerprint density at radius 2 is 1.68 bits per heavy atom. The fourth-order valence-electron chi connectivity index (χ4n) is 2.59. The Kier molecular flexibility index (Phi) is 6.16. The second kappa shape index (κ2) is 7.95. The van der Waals surface area contributed by atoms with Crippen molar-refractivity contribution in [2.45, 2.75) is 10.9 Å². The first-order valence-corrected chi connectivity index (χ1v) is 9.52. The normalized spacial score (nSPS) is 13.0. The van der Waals surface area contributed by atoms with Crippen molar-refractivity contribution in [3.63, 3.8) is 0 Å². The third-order valence-electron chi connectivity index (χ3n) is 4.11. The first-order valence-electron chi connectivity index (χ1n) is 8.04. The number of sulfonamides is 1. The van der Waals surface area contributed by atoms with Crippen molar-refractivity contribution in [2.75, 3.05) is 39.6 Å². The summed E-state index contributed by atoms with van der Waals surface area (Å²) in [7, 11) is 3.95. The van der Waals surface area contributed by atoms with Crippen LogP contribution in [0, 0.1) is 5.82 Å². The number of nitrogens with zero attached hydrogens (tertiary/aromatic N) is 1. The van der Waals surface area contributed by atoms with Gasteiger partial charge in [0.15, 0.2) is 0 Å². The maximum Gasteiger partial charge on any atom is 0.243 e. The van der Waals surface area contributed by atoms with Crippen molar-refractivity contribution >= 4 is 15.7 Å². The van der Waals surface area contributed by atoms with Gasteiger partial charge in [-0.2, -0.15) is 0 Å². The van der Waals surface area contributed by atoms with Crippen LogP contribution in [0.25, 0.3) is 0 Å². The van der Waals surface area contributed by atoms with E-state index >= 15 is 0 Å². The van der Waals surface area contributed by atoms with Gasteiger partial charge in [0, 0.05) is 25.3 Å². The Morgan fingerprint density at radius 3 is 2.20 bits per heavy atom. The molecule has 5 nitrogen and oxygen atoms in total. The van der Waals surface area contributed by atoms with Crippen LogP contribution in [0.3, 0.4) is 0 Å². The lowest BCUT2D eigenvalue weighted by Crippen LogP contribution is -3.07. The molecule has 25 heavy (non-hydrogen) atoms. The van der Waals surface area contributed by atoms with E-state index in [1.807, 2.05) is 57.4 Å². The van der Waals surface area contributed by atoms with E-state index in [-0.39, 0.29) is 17.5 Å². The number of quaternary nitrogens is 1. The summed E-state index contributed by atoms with van der Waals surface area (Å²) >= 11 is 0. The molecule has 0 bridgehead atoms. The number of benzene rings is 2. The number of halogens is 1. The number of anilines is 1. The summed E-state index contributed by atoms with van der Waals surface area (Å²) in [5.41, 5.74) is 2.09. The Labute approximate surface area is 149 Å². The summed E-state index contributed by atoms with van der Waals surface area (Å²) < 4.78 is 41.1. The maximum atomic E-state index is 13.8. The van der Waals surface area contributed by atoms with Gasteiger partial charge >= 0.3 is 0 Å². The quantitative estimate of drug-likeness (QED) is 0.770. The molecule has 0 amide bonds. The maximum absolute atomic E-state index is 13.8. The van der Waals surface area contributed by atoms with Gasteiger partial charge < -0.3 is 9.80 Å². The Morgan fingerprint density at radius 1 is 1.08 bits per heavy atom. The predicted octanol–water partition coefficient (Wildman–Crippen LogP) is 1.06. The van der Waals surface area contributed by atoms with Gasteiger partial charge in [0.05, 0.1) is 20.6 Å². The Bertz CT molecular complexity index is 805. The molecule has 0 unspecified atom stereocenters. The standard InChI is InChI=1S/C18H24FN3O2S/c1-21(2)15-11-9-14(10-12-15)17(22(3)4)13-20-25(23,24)18-8-6-5-7-16(18)19/h5-12,17,20H,13H2,1-4H3/p+1/t17-/m1/s1. The van der Waals surface area contributed by atoms with Crippen LogP contribution in [-0.4, -0.2) is 43.2 Å². The molecule has 0 aliphatic heterocycles. The predicted molar refractivity (Wildman–Crippen MR) is 97.9 cm³/mol. The van der Waals surface area contributed by atoms with E-state index in [9.17, 15) is 12.8 Å². The number of rotatable bonds is 7. The van der Waals surface area contributed by atoms with Crippen molar-refractivity contribution < 1.29 is 17.7 Å². The summed E-state index contributed by atoms with van der Waals surface area (Å²) in [6.45, 7) is 0.181. The molecule has 2 rings (SSSR count). The summed E-state index contributed by atoms with van der Waals surface area (Å²) in [4.78, 5) is 2.75. The number of likely N-dealkylation sites (N-methyl/N-ethyl adjacent to an activating group) is 1.